The van der Waals surface area contributed by atoms with Crippen LogP contribution in [0.15, 0.2) is 23.7 Å². The van der Waals surface area contributed by atoms with E-state index in [0.29, 0.717) is 11.3 Å². The number of rotatable bonds is 4. The van der Waals surface area contributed by atoms with Gasteiger partial charge in [0.05, 0.1) is 5.69 Å². The minimum atomic E-state index is 0.352. The molecule has 2 fully saturated rings. The maximum Gasteiger partial charge on any atom is 0.182 e. The fourth-order valence-corrected chi connectivity index (χ4v) is 4.55. The van der Waals surface area contributed by atoms with Crippen molar-refractivity contribution in [2.24, 2.45) is 0 Å². The Bertz CT molecular complexity index is 712. The highest BCUT2D eigenvalue weighted by molar-refractivity contribution is 7.13. The van der Waals surface area contributed by atoms with E-state index in [1.165, 1.54) is 44.3 Å². The summed E-state index contributed by atoms with van der Waals surface area (Å²) in [5.41, 5.74) is 3.61. The van der Waals surface area contributed by atoms with E-state index in [1.54, 1.807) is 17.5 Å². The van der Waals surface area contributed by atoms with Gasteiger partial charge in [0.2, 0.25) is 0 Å². The van der Waals surface area contributed by atoms with Gasteiger partial charge >= 0.3 is 0 Å². The third-order valence-corrected chi connectivity index (χ3v) is 6.47. The van der Waals surface area contributed by atoms with Crippen LogP contribution in [0.25, 0.3) is 0 Å². The van der Waals surface area contributed by atoms with Crippen LogP contribution in [-0.2, 0) is 0 Å². The Kier molecular flexibility index (Phi) is 11.8. The molecule has 0 aliphatic carbocycles. The van der Waals surface area contributed by atoms with Gasteiger partial charge in [0.1, 0.15) is 5.75 Å². The highest BCUT2D eigenvalue weighted by Crippen LogP contribution is 2.39. The van der Waals surface area contributed by atoms with Crippen molar-refractivity contribution >= 4 is 22.2 Å². The van der Waals surface area contributed by atoms with Crippen LogP contribution < -0.4 is 10.6 Å². The third kappa shape index (κ3) is 6.86. The number of aliphatic hydroxyl groups excluding tert-OH is 1. The molecule has 0 bridgehead atoms. The number of aryl methyl sites for hydroxylation is 2. The van der Waals surface area contributed by atoms with E-state index in [0.717, 1.165) is 30.0 Å². The van der Waals surface area contributed by atoms with Crippen molar-refractivity contribution in [1.29, 1.82) is 0 Å². The summed E-state index contributed by atoms with van der Waals surface area (Å²) in [6.07, 6.45) is 7.01. The molecule has 2 aliphatic rings. The lowest BCUT2D eigenvalue weighted by molar-refractivity contribution is 0.209. The van der Waals surface area contributed by atoms with E-state index in [9.17, 15) is 5.11 Å². The molecule has 0 unspecified atom stereocenters. The second-order valence-corrected chi connectivity index (χ2v) is 8.21. The van der Waals surface area contributed by atoms with Gasteiger partial charge in [0, 0.05) is 37.8 Å². The number of anilines is 2. The van der Waals surface area contributed by atoms with E-state index >= 15 is 0 Å². The molecule has 1 aromatic carbocycles. The van der Waals surface area contributed by atoms with Crippen LogP contribution >= 0.6 is 11.3 Å². The molecular formula is C23H40N4O2S. The van der Waals surface area contributed by atoms with Crippen molar-refractivity contribution in [3.8, 4) is 5.75 Å². The maximum atomic E-state index is 10.1. The number of aliphatic hydroxyl groups is 1. The van der Waals surface area contributed by atoms with Gasteiger partial charge in [-0.2, -0.15) is 0 Å². The van der Waals surface area contributed by atoms with Crippen LogP contribution in [0, 0.1) is 13.8 Å². The molecule has 1 aromatic heterocycles. The summed E-state index contributed by atoms with van der Waals surface area (Å²) < 4.78 is 0. The molecule has 3 heterocycles. The largest absolute Gasteiger partial charge is 0.506 e. The molecule has 0 spiro atoms. The lowest BCUT2D eigenvalue weighted by atomic mass is 9.94. The molecule has 2 aromatic rings. The first-order chi connectivity index (χ1) is 14.5. The predicted octanol–water partition coefficient (Wildman–Crippen LogP) is 4.87. The summed E-state index contributed by atoms with van der Waals surface area (Å²) in [7, 11) is 2.86. The summed E-state index contributed by atoms with van der Waals surface area (Å²) in [6, 6.07) is 3.92. The number of phenols is 1. The molecule has 0 saturated carbocycles. The van der Waals surface area contributed by atoms with Gasteiger partial charge in [0.15, 0.2) is 5.13 Å². The topological polar surface area (TPSA) is 80.7 Å². The molecule has 7 heteroatoms. The van der Waals surface area contributed by atoms with Gasteiger partial charge in [-0.25, -0.2) is 4.98 Å². The molecule has 30 heavy (non-hydrogen) atoms. The van der Waals surface area contributed by atoms with Gasteiger partial charge in [-0.1, -0.05) is 13.8 Å². The van der Waals surface area contributed by atoms with Gasteiger partial charge < -0.3 is 20.8 Å². The Labute approximate surface area is 186 Å². The second kappa shape index (κ2) is 13.5. The average molecular weight is 437 g/mol. The zero-order valence-corrected chi connectivity index (χ0v) is 20.3. The summed E-state index contributed by atoms with van der Waals surface area (Å²) >= 11 is 1.60. The number of nitrogens with one attached hydrogen (secondary N) is 2. The number of hydrogen-bond acceptors (Lipinski definition) is 7. The van der Waals surface area contributed by atoms with Crippen molar-refractivity contribution < 1.29 is 10.2 Å². The molecule has 2 saturated heterocycles. The summed E-state index contributed by atoms with van der Waals surface area (Å²) in [5, 5.41) is 26.4. The molecule has 4 rings (SSSR count). The number of benzene rings is 1. The van der Waals surface area contributed by atoms with Gasteiger partial charge in [-0.15, -0.1) is 11.3 Å². The monoisotopic (exact) mass is 436 g/mol. The van der Waals surface area contributed by atoms with Crippen molar-refractivity contribution in [1.82, 2.24) is 9.88 Å². The fourth-order valence-electron chi connectivity index (χ4n) is 4.06. The Morgan fingerprint density at radius 3 is 2.20 bits per heavy atom. The Morgan fingerprint density at radius 2 is 1.70 bits per heavy atom. The molecule has 6 nitrogen and oxygen atoms in total. The number of thiazole rings is 1. The highest BCUT2D eigenvalue weighted by Gasteiger charge is 2.43. The standard InChI is InChI=1S/C16H24N2O.C4H6N2S.C2H6.CH4O/c1-12-9-14(15(19)10-13(12)2)17-11-16-5-3-7-18(16)8-4-6-16;1-5-4-6-2-3-7-4;2*1-2/h9-10,17,19H,3-8,11H2,1-2H3;2-3H,1H3,(H,5,6);1-2H3;2H,1H3. The van der Waals surface area contributed by atoms with Crippen molar-refractivity contribution in [2.75, 3.05) is 44.4 Å². The van der Waals surface area contributed by atoms with Crippen LogP contribution in [0.5, 0.6) is 5.75 Å². The fraction of sp³-hybridized carbons (Fsp3) is 0.609. The highest BCUT2D eigenvalue weighted by atomic mass is 32.1. The Hall–Kier alpha value is -1.83. The number of aromatic nitrogens is 1. The maximum absolute atomic E-state index is 10.1. The van der Waals surface area contributed by atoms with E-state index in [1.807, 2.05) is 39.3 Å². The number of fused-ring (bicyclic) bond motifs is 1. The predicted molar refractivity (Wildman–Crippen MR) is 130 cm³/mol. The summed E-state index contributed by atoms with van der Waals surface area (Å²) in [5.74, 6) is 0.377. The number of aromatic hydroxyl groups is 1. The van der Waals surface area contributed by atoms with Crippen molar-refractivity contribution in [3.05, 3.63) is 34.8 Å². The minimum absolute atomic E-state index is 0.352. The first-order valence-electron chi connectivity index (χ1n) is 10.9. The summed E-state index contributed by atoms with van der Waals surface area (Å²) in [4.78, 5) is 6.58. The van der Waals surface area contributed by atoms with E-state index < -0.39 is 0 Å². The number of phenolic OH excluding ortho intramolecular Hbond substituents is 1. The van der Waals surface area contributed by atoms with Crippen molar-refractivity contribution in [2.45, 2.75) is 58.9 Å². The normalized spacial score (nSPS) is 16.1. The number of nitrogens with zero attached hydrogens (tertiary/aromatic N) is 2. The quantitative estimate of drug-likeness (QED) is 0.512. The molecule has 170 valence electrons. The van der Waals surface area contributed by atoms with Crippen LogP contribution in [0.3, 0.4) is 0 Å². The molecule has 2 aliphatic heterocycles. The van der Waals surface area contributed by atoms with Crippen LogP contribution in [0.4, 0.5) is 10.8 Å². The molecule has 4 N–H and O–H groups in total. The van der Waals surface area contributed by atoms with Gasteiger partial charge in [-0.3, -0.25) is 4.90 Å². The zero-order chi connectivity index (χ0) is 22.6. The summed E-state index contributed by atoms with van der Waals surface area (Å²) in [6.45, 7) is 11.6. The van der Waals surface area contributed by atoms with Gasteiger partial charge in [-0.05, 0) is 75.9 Å². The third-order valence-electron chi connectivity index (χ3n) is 5.68. The van der Waals surface area contributed by atoms with Crippen LogP contribution in [-0.4, -0.2) is 59.4 Å². The van der Waals surface area contributed by atoms with Crippen molar-refractivity contribution in [3.63, 3.8) is 0 Å². The zero-order valence-electron chi connectivity index (χ0n) is 19.5. The molecule has 0 atom stereocenters. The Balaban J connectivity index is 0.000000343. The SMILES string of the molecule is CC.CNc1nccs1.CO.Cc1cc(O)c(NCC23CCCN2CCC3)cc1C. The van der Waals surface area contributed by atoms with E-state index in [-0.39, 0.29) is 0 Å². The first-order valence-corrected chi connectivity index (χ1v) is 11.7. The number of hydrogen-bond donors (Lipinski definition) is 4. The van der Waals surface area contributed by atoms with E-state index in [4.69, 9.17) is 5.11 Å². The first kappa shape index (κ1) is 26.2. The molecule has 0 radical (unpaired) electrons. The second-order valence-electron chi connectivity index (χ2n) is 7.31. The van der Waals surface area contributed by atoms with Crippen LogP contribution in [0.1, 0.15) is 50.7 Å². The molecule has 0 amide bonds. The smallest absolute Gasteiger partial charge is 0.182 e. The molecular weight excluding hydrogens is 396 g/mol. The lowest BCUT2D eigenvalue weighted by Crippen LogP contribution is -2.44. The Morgan fingerprint density at radius 1 is 1.10 bits per heavy atom. The minimum Gasteiger partial charge on any atom is -0.506 e. The van der Waals surface area contributed by atoms with Crippen LogP contribution in [0.2, 0.25) is 0 Å². The van der Waals surface area contributed by atoms with Gasteiger partial charge in [0.25, 0.3) is 0 Å². The lowest BCUT2D eigenvalue weighted by Gasteiger charge is -2.32. The average Bonchev–Trinajstić information content (AvgIpc) is 3.50. The van der Waals surface area contributed by atoms with E-state index in [2.05, 4.69) is 33.5 Å².